The zero-order chi connectivity index (χ0) is 13.8. The molecule has 0 saturated heterocycles. The van der Waals surface area contributed by atoms with Crippen LogP contribution in [0.5, 0.6) is 0 Å². The van der Waals surface area contributed by atoms with Crippen molar-refractivity contribution in [1.82, 2.24) is 5.32 Å². The van der Waals surface area contributed by atoms with Crippen LogP contribution in [0.25, 0.3) is 0 Å². The third kappa shape index (κ3) is 3.79. The fourth-order valence-corrected chi connectivity index (χ4v) is 2.22. The van der Waals surface area contributed by atoms with Crippen molar-refractivity contribution in [2.75, 3.05) is 0 Å². The Kier molecular flexibility index (Phi) is 4.56. The average molecular weight is 278 g/mol. The van der Waals surface area contributed by atoms with E-state index in [1.807, 2.05) is 37.3 Å². The van der Waals surface area contributed by atoms with Crippen molar-refractivity contribution in [3.05, 3.63) is 70.5 Å². The summed E-state index contributed by atoms with van der Waals surface area (Å²) in [4.78, 5) is 0. The summed E-state index contributed by atoms with van der Waals surface area (Å²) in [5.41, 5.74) is 2.11. The van der Waals surface area contributed by atoms with Gasteiger partial charge in [0.05, 0.1) is 0 Å². The maximum atomic E-state index is 13.2. The van der Waals surface area contributed by atoms with Crippen LogP contribution in [0.15, 0.2) is 48.5 Å². The molecule has 1 N–H and O–H groups in total. The van der Waals surface area contributed by atoms with E-state index in [4.69, 9.17) is 11.6 Å². The molecule has 0 saturated carbocycles. The first-order valence-corrected chi connectivity index (χ1v) is 6.71. The summed E-state index contributed by atoms with van der Waals surface area (Å²) in [7, 11) is 0. The van der Waals surface area contributed by atoms with Crippen LogP contribution in [0.1, 0.15) is 37.1 Å². The lowest BCUT2D eigenvalue weighted by Gasteiger charge is -2.21. The number of benzene rings is 2. The van der Waals surface area contributed by atoms with Crippen molar-refractivity contribution in [2.45, 2.75) is 25.9 Å². The fourth-order valence-electron chi connectivity index (χ4n) is 2.09. The predicted octanol–water partition coefficient (Wildman–Crippen LogP) is 4.89. The Morgan fingerprint density at radius 1 is 0.947 bits per heavy atom. The van der Waals surface area contributed by atoms with Crippen LogP contribution >= 0.6 is 11.6 Å². The Hall–Kier alpha value is -1.38. The topological polar surface area (TPSA) is 12.0 Å². The molecule has 2 atom stereocenters. The molecular formula is C16H17ClFN. The third-order valence-corrected chi connectivity index (χ3v) is 3.47. The van der Waals surface area contributed by atoms with E-state index >= 15 is 0 Å². The molecule has 2 aromatic rings. The molecule has 2 rings (SSSR count). The van der Waals surface area contributed by atoms with Crippen molar-refractivity contribution in [3.63, 3.8) is 0 Å². The molecule has 1 nitrogen and oxygen atoms in total. The third-order valence-electron chi connectivity index (χ3n) is 3.22. The van der Waals surface area contributed by atoms with Crippen LogP contribution in [0, 0.1) is 5.82 Å². The van der Waals surface area contributed by atoms with Gasteiger partial charge in [-0.1, -0.05) is 35.9 Å². The normalized spacial score (nSPS) is 14.1. The van der Waals surface area contributed by atoms with E-state index in [1.165, 1.54) is 6.07 Å². The van der Waals surface area contributed by atoms with E-state index in [2.05, 4.69) is 12.2 Å². The molecule has 0 heterocycles. The Labute approximate surface area is 118 Å². The second kappa shape index (κ2) is 6.18. The van der Waals surface area contributed by atoms with Gasteiger partial charge in [-0.15, -0.1) is 0 Å². The molecule has 1 unspecified atom stereocenters. The first kappa shape index (κ1) is 14.0. The summed E-state index contributed by atoms with van der Waals surface area (Å²) in [5.74, 6) is -0.203. The highest BCUT2D eigenvalue weighted by atomic mass is 35.5. The van der Waals surface area contributed by atoms with E-state index < -0.39 is 0 Å². The van der Waals surface area contributed by atoms with Gasteiger partial charge in [0, 0.05) is 17.1 Å². The Bertz CT molecular complexity index is 539. The van der Waals surface area contributed by atoms with E-state index in [1.54, 1.807) is 12.1 Å². The minimum absolute atomic E-state index is 0.0846. The molecule has 0 radical (unpaired) electrons. The molecule has 0 bridgehead atoms. The second-order valence-electron chi connectivity index (χ2n) is 4.72. The molecule has 2 aromatic carbocycles. The summed E-state index contributed by atoms with van der Waals surface area (Å²) < 4.78 is 13.2. The molecule has 3 heteroatoms. The van der Waals surface area contributed by atoms with Crippen molar-refractivity contribution in [2.24, 2.45) is 0 Å². The molecule has 0 fully saturated rings. The van der Waals surface area contributed by atoms with Gasteiger partial charge in [0.25, 0.3) is 0 Å². The molecule has 0 aliphatic carbocycles. The van der Waals surface area contributed by atoms with Gasteiger partial charge < -0.3 is 5.32 Å². The Morgan fingerprint density at radius 2 is 1.58 bits per heavy atom. The second-order valence-corrected chi connectivity index (χ2v) is 5.15. The molecule has 0 aliphatic rings. The first-order valence-electron chi connectivity index (χ1n) is 6.33. The number of halogens is 2. The lowest BCUT2D eigenvalue weighted by atomic mass is 10.0. The van der Waals surface area contributed by atoms with Crippen LogP contribution in [0.2, 0.25) is 5.02 Å². The predicted molar refractivity (Wildman–Crippen MR) is 77.8 cm³/mol. The van der Waals surface area contributed by atoms with Gasteiger partial charge in [-0.05, 0) is 49.2 Å². The maximum Gasteiger partial charge on any atom is 0.123 e. The summed E-state index contributed by atoms with van der Waals surface area (Å²) in [6.07, 6.45) is 0. The van der Waals surface area contributed by atoms with Crippen molar-refractivity contribution in [3.8, 4) is 0 Å². The Morgan fingerprint density at radius 3 is 2.21 bits per heavy atom. The largest absolute Gasteiger partial charge is 0.304 e. The van der Waals surface area contributed by atoms with Gasteiger partial charge >= 0.3 is 0 Å². The highest BCUT2D eigenvalue weighted by Crippen LogP contribution is 2.21. The van der Waals surface area contributed by atoms with Crippen LogP contribution in [0.3, 0.4) is 0 Å². The molecular weight excluding hydrogens is 261 g/mol. The van der Waals surface area contributed by atoms with Gasteiger partial charge in [-0.25, -0.2) is 4.39 Å². The minimum Gasteiger partial charge on any atom is -0.304 e. The quantitative estimate of drug-likeness (QED) is 0.839. The fraction of sp³-hybridized carbons (Fsp3) is 0.250. The minimum atomic E-state index is -0.203. The molecule has 0 aliphatic heterocycles. The summed E-state index contributed by atoms with van der Waals surface area (Å²) in [5, 5.41) is 4.18. The lowest BCUT2D eigenvalue weighted by Crippen LogP contribution is -2.22. The van der Waals surface area contributed by atoms with Gasteiger partial charge in [-0.3, -0.25) is 0 Å². The highest BCUT2D eigenvalue weighted by Gasteiger charge is 2.11. The van der Waals surface area contributed by atoms with Crippen LogP contribution in [-0.4, -0.2) is 0 Å². The molecule has 0 amide bonds. The SMILES string of the molecule is CC(N[C@H](C)c1ccc(Cl)cc1)c1cccc(F)c1. The smallest absolute Gasteiger partial charge is 0.123 e. The van der Waals surface area contributed by atoms with Crippen LogP contribution in [0.4, 0.5) is 4.39 Å². The monoisotopic (exact) mass is 277 g/mol. The summed E-state index contributed by atoms with van der Waals surface area (Å²) >= 11 is 5.87. The average Bonchev–Trinajstić information content (AvgIpc) is 2.39. The lowest BCUT2D eigenvalue weighted by molar-refractivity contribution is 0.492. The van der Waals surface area contributed by atoms with Gasteiger partial charge in [0.2, 0.25) is 0 Å². The zero-order valence-corrected chi connectivity index (χ0v) is 11.8. The highest BCUT2D eigenvalue weighted by molar-refractivity contribution is 6.30. The molecule has 0 spiro atoms. The van der Waals surface area contributed by atoms with E-state index in [9.17, 15) is 4.39 Å². The number of hydrogen-bond acceptors (Lipinski definition) is 1. The van der Waals surface area contributed by atoms with Crippen molar-refractivity contribution in [1.29, 1.82) is 0 Å². The Balaban J connectivity index is 2.06. The van der Waals surface area contributed by atoms with Gasteiger partial charge in [0.1, 0.15) is 5.82 Å². The van der Waals surface area contributed by atoms with Crippen LogP contribution in [-0.2, 0) is 0 Å². The molecule has 0 aromatic heterocycles. The van der Waals surface area contributed by atoms with E-state index in [-0.39, 0.29) is 17.9 Å². The first-order chi connectivity index (χ1) is 9.06. The van der Waals surface area contributed by atoms with E-state index in [0.29, 0.717) is 0 Å². The number of rotatable bonds is 4. The van der Waals surface area contributed by atoms with Gasteiger partial charge in [-0.2, -0.15) is 0 Å². The van der Waals surface area contributed by atoms with Crippen molar-refractivity contribution >= 4 is 11.6 Å². The maximum absolute atomic E-state index is 13.2. The zero-order valence-electron chi connectivity index (χ0n) is 11.0. The standard InChI is InChI=1S/C16H17ClFN/c1-11(13-6-8-15(17)9-7-13)19-12(2)14-4-3-5-16(18)10-14/h3-12,19H,1-2H3/t11-,12?/m1/s1. The summed E-state index contributed by atoms with van der Waals surface area (Å²) in [6, 6.07) is 14.7. The van der Waals surface area contributed by atoms with Gasteiger partial charge in [0.15, 0.2) is 0 Å². The van der Waals surface area contributed by atoms with Crippen LogP contribution < -0.4 is 5.32 Å². The molecule has 19 heavy (non-hydrogen) atoms. The number of hydrogen-bond donors (Lipinski definition) is 1. The van der Waals surface area contributed by atoms with E-state index in [0.717, 1.165) is 16.1 Å². The number of nitrogens with one attached hydrogen (secondary N) is 1. The summed E-state index contributed by atoms with van der Waals surface area (Å²) in [6.45, 7) is 4.11. The molecule has 100 valence electrons. The van der Waals surface area contributed by atoms with Crippen molar-refractivity contribution < 1.29 is 4.39 Å².